The molecule has 0 radical (unpaired) electrons. The van der Waals surface area contributed by atoms with E-state index in [1.165, 1.54) is 11.3 Å². The Hall–Kier alpha value is -1.69. The smallest absolute Gasteiger partial charge is 0.381 e. The van der Waals surface area contributed by atoms with Crippen molar-refractivity contribution in [2.45, 2.75) is 57.6 Å². The maximum absolute atomic E-state index is 13.1. The molecular weight excluding hydrogens is 409 g/mol. The number of rotatable bonds is 8. The molecule has 2 aromatic rings. The van der Waals surface area contributed by atoms with Crippen molar-refractivity contribution in [2.75, 3.05) is 20.2 Å². The molecule has 0 atom stereocenters. The first-order valence-electron chi connectivity index (χ1n) is 9.45. The fourth-order valence-corrected chi connectivity index (χ4v) is 4.87. The quantitative estimate of drug-likeness (QED) is 0.619. The highest BCUT2D eigenvalue weighted by atomic mass is 32.1. The van der Waals surface area contributed by atoms with Gasteiger partial charge in [-0.3, -0.25) is 13.9 Å². The molecule has 1 aliphatic rings. The van der Waals surface area contributed by atoms with Crippen LogP contribution >= 0.6 is 11.3 Å². The number of nitrogens with zero attached hydrogens (tertiary/aromatic N) is 2. The number of nitrogens with one attached hydrogen (secondary N) is 1. The number of nitrogens with two attached hydrogens (primary N) is 1. The SMILES string of the molecule is CO[C@H]1C[C@H](n2c(=O)c3c(C)c(CNCCN)sc3n(CCC(F)(F)F)c2=O)C1. The number of hydrogen-bond acceptors (Lipinski definition) is 6. The van der Waals surface area contributed by atoms with Gasteiger partial charge in [0.1, 0.15) is 4.83 Å². The molecule has 7 nitrogen and oxygen atoms in total. The van der Waals surface area contributed by atoms with Crippen LogP contribution in [0.1, 0.15) is 35.7 Å². The molecule has 0 aliphatic heterocycles. The molecule has 11 heteroatoms. The average Bonchev–Trinajstić information content (AvgIpc) is 2.92. The lowest BCUT2D eigenvalue weighted by Gasteiger charge is -2.35. The molecule has 0 saturated heterocycles. The van der Waals surface area contributed by atoms with Crippen LogP contribution < -0.4 is 22.3 Å². The number of methoxy groups -OCH3 is 1. The molecule has 1 aliphatic carbocycles. The summed E-state index contributed by atoms with van der Waals surface area (Å²) in [6, 6.07) is -0.361. The largest absolute Gasteiger partial charge is 0.390 e. The van der Waals surface area contributed by atoms with Crippen LogP contribution in [0.5, 0.6) is 0 Å². The Balaban J connectivity index is 2.12. The van der Waals surface area contributed by atoms with Crippen molar-refractivity contribution < 1.29 is 17.9 Å². The number of hydrogen-bond donors (Lipinski definition) is 2. The molecule has 0 spiro atoms. The first-order chi connectivity index (χ1) is 13.7. The van der Waals surface area contributed by atoms with E-state index in [-0.39, 0.29) is 12.1 Å². The van der Waals surface area contributed by atoms with Crippen LogP contribution in [0.2, 0.25) is 0 Å². The van der Waals surface area contributed by atoms with Gasteiger partial charge in [0.05, 0.1) is 17.9 Å². The van der Waals surface area contributed by atoms with E-state index in [9.17, 15) is 22.8 Å². The fourth-order valence-electron chi connectivity index (χ4n) is 3.58. The molecule has 2 aromatic heterocycles. The van der Waals surface area contributed by atoms with E-state index < -0.39 is 30.4 Å². The van der Waals surface area contributed by atoms with Gasteiger partial charge in [-0.1, -0.05) is 0 Å². The van der Waals surface area contributed by atoms with Crippen molar-refractivity contribution in [1.82, 2.24) is 14.5 Å². The normalized spacial score (nSPS) is 19.7. The molecule has 0 amide bonds. The van der Waals surface area contributed by atoms with Gasteiger partial charge in [0.25, 0.3) is 5.56 Å². The first kappa shape index (κ1) is 22.0. The summed E-state index contributed by atoms with van der Waals surface area (Å²) in [6.45, 7) is 2.69. The summed E-state index contributed by atoms with van der Waals surface area (Å²) >= 11 is 1.19. The molecule has 1 fully saturated rings. The van der Waals surface area contributed by atoms with E-state index in [2.05, 4.69) is 5.32 Å². The number of aromatic nitrogens is 2. The van der Waals surface area contributed by atoms with Gasteiger partial charge in [0.15, 0.2) is 0 Å². The summed E-state index contributed by atoms with van der Waals surface area (Å²) in [7, 11) is 1.55. The Labute approximate surface area is 169 Å². The summed E-state index contributed by atoms with van der Waals surface area (Å²) in [5, 5.41) is 3.45. The predicted molar refractivity (Wildman–Crippen MR) is 106 cm³/mol. The monoisotopic (exact) mass is 434 g/mol. The molecule has 0 unspecified atom stereocenters. The van der Waals surface area contributed by atoms with Crippen LogP contribution in [0.25, 0.3) is 10.2 Å². The molecule has 3 N–H and O–H groups in total. The van der Waals surface area contributed by atoms with Gasteiger partial charge < -0.3 is 15.8 Å². The van der Waals surface area contributed by atoms with Crippen molar-refractivity contribution in [1.29, 1.82) is 0 Å². The van der Waals surface area contributed by atoms with Gasteiger partial charge in [0.2, 0.25) is 0 Å². The van der Waals surface area contributed by atoms with Gasteiger partial charge in [-0.15, -0.1) is 11.3 Å². The van der Waals surface area contributed by atoms with Gasteiger partial charge in [-0.25, -0.2) is 4.79 Å². The Bertz CT molecular complexity index is 989. The molecule has 1 saturated carbocycles. The van der Waals surface area contributed by atoms with E-state index in [1.54, 1.807) is 14.0 Å². The summed E-state index contributed by atoms with van der Waals surface area (Å²) < 4.78 is 46.0. The molecule has 3 rings (SSSR count). The lowest BCUT2D eigenvalue weighted by molar-refractivity contribution is -0.136. The second-order valence-corrected chi connectivity index (χ2v) is 8.34. The zero-order valence-electron chi connectivity index (χ0n) is 16.3. The van der Waals surface area contributed by atoms with Gasteiger partial charge in [0, 0.05) is 44.2 Å². The van der Waals surface area contributed by atoms with Crippen molar-refractivity contribution in [2.24, 2.45) is 5.73 Å². The standard InChI is InChI=1S/C18H25F3N4O3S/c1-10-13(9-23-5-4-22)29-16-14(10)15(26)25(11-7-12(8-11)28-2)17(27)24(16)6-3-18(19,20)21/h11-12,23H,3-9,22H2,1-2H3/t11-,12-. The Morgan fingerprint density at radius 2 is 2.00 bits per heavy atom. The van der Waals surface area contributed by atoms with E-state index in [1.807, 2.05) is 0 Å². The second kappa shape index (κ2) is 8.58. The second-order valence-electron chi connectivity index (χ2n) is 7.25. The Morgan fingerprint density at radius 1 is 1.31 bits per heavy atom. The van der Waals surface area contributed by atoms with E-state index in [0.29, 0.717) is 48.3 Å². The van der Waals surface area contributed by atoms with Gasteiger partial charge >= 0.3 is 11.9 Å². The minimum absolute atomic E-state index is 0.0507. The Kier molecular flexibility index (Phi) is 6.51. The summed E-state index contributed by atoms with van der Waals surface area (Å²) in [4.78, 5) is 27.3. The molecule has 29 heavy (non-hydrogen) atoms. The third-order valence-electron chi connectivity index (χ3n) is 5.34. The minimum atomic E-state index is -4.40. The topological polar surface area (TPSA) is 91.3 Å². The minimum Gasteiger partial charge on any atom is -0.381 e. The fraction of sp³-hybridized carbons (Fsp3) is 0.667. The van der Waals surface area contributed by atoms with Crippen LogP contribution in [0.3, 0.4) is 0 Å². The lowest BCUT2D eigenvalue weighted by Crippen LogP contribution is -2.47. The van der Waals surface area contributed by atoms with Gasteiger partial charge in [-0.2, -0.15) is 13.2 Å². The van der Waals surface area contributed by atoms with Crippen LogP contribution in [0.4, 0.5) is 13.2 Å². The predicted octanol–water partition coefficient (Wildman–Crippen LogP) is 1.88. The van der Waals surface area contributed by atoms with Crippen LogP contribution in [-0.4, -0.2) is 41.6 Å². The number of ether oxygens (including phenoxy) is 1. The summed E-state index contributed by atoms with van der Waals surface area (Å²) in [6.07, 6.45) is -4.61. The highest BCUT2D eigenvalue weighted by Crippen LogP contribution is 2.34. The van der Waals surface area contributed by atoms with Gasteiger partial charge in [-0.05, 0) is 25.3 Å². The third kappa shape index (κ3) is 4.42. The number of halogens is 3. The third-order valence-corrected chi connectivity index (χ3v) is 6.65. The van der Waals surface area contributed by atoms with E-state index >= 15 is 0 Å². The molecular formula is C18H25F3N4O3S. The van der Waals surface area contributed by atoms with E-state index in [4.69, 9.17) is 10.5 Å². The van der Waals surface area contributed by atoms with Crippen molar-refractivity contribution in [3.63, 3.8) is 0 Å². The van der Waals surface area contributed by atoms with Crippen LogP contribution in [0.15, 0.2) is 9.59 Å². The number of fused-ring (bicyclic) bond motifs is 1. The molecule has 162 valence electrons. The Morgan fingerprint density at radius 3 is 2.59 bits per heavy atom. The zero-order valence-corrected chi connectivity index (χ0v) is 17.2. The summed E-state index contributed by atoms with van der Waals surface area (Å²) in [5.41, 5.74) is 5.04. The van der Waals surface area contributed by atoms with Crippen LogP contribution in [-0.2, 0) is 17.8 Å². The maximum Gasteiger partial charge on any atom is 0.390 e. The molecule has 0 aromatic carbocycles. The average molecular weight is 434 g/mol. The first-order valence-corrected chi connectivity index (χ1v) is 10.3. The number of thiophene rings is 1. The lowest BCUT2D eigenvalue weighted by atomic mass is 9.89. The maximum atomic E-state index is 13.1. The van der Waals surface area contributed by atoms with Crippen LogP contribution in [0, 0.1) is 6.92 Å². The highest BCUT2D eigenvalue weighted by molar-refractivity contribution is 7.18. The van der Waals surface area contributed by atoms with Crippen molar-refractivity contribution >= 4 is 21.6 Å². The summed E-state index contributed by atoms with van der Waals surface area (Å²) in [5.74, 6) is 0. The van der Waals surface area contributed by atoms with Crippen molar-refractivity contribution in [3.05, 3.63) is 31.3 Å². The number of aryl methyl sites for hydroxylation is 2. The molecule has 2 heterocycles. The van der Waals surface area contributed by atoms with E-state index in [0.717, 1.165) is 14.0 Å². The zero-order chi connectivity index (χ0) is 21.3. The molecule has 0 bridgehead atoms. The van der Waals surface area contributed by atoms with Crippen molar-refractivity contribution in [3.8, 4) is 0 Å². The highest BCUT2D eigenvalue weighted by Gasteiger charge is 2.35. The number of alkyl halides is 3.